The van der Waals surface area contributed by atoms with Gasteiger partial charge in [0.25, 0.3) is 11.8 Å². The Hall–Kier alpha value is -4.09. The van der Waals surface area contributed by atoms with Gasteiger partial charge in [0.05, 0.1) is 35.7 Å². The maximum Gasteiger partial charge on any atom is 0.335 e. The van der Waals surface area contributed by atoms with Crippen LogP contribution < -0.4 is 14.8 Å². The number of benzene rings is 2. The molecule has 3 amide bonds. The third-order valence-corrected chi connectivity index (χ3v) is 7.58. The largest absolute Gasteiger partial charge is 0.493 e. The minimum absolute atomic E-state index is 0.00421. The number of amides is 3. The van der Waals surface area contributed by atoms with Crippen LogP contribution in [0.5, 0.6) is 11.5 Å². The van der Waals surface area contributed by atoms with E-state index in [1.165, 1.54) is 50.4 Å². The summed E-state index contributed by atoms with van der Waals surface area (Å²) in [4.78, 5) is 51.0. The summed E-state index contributed by atoms with van der Waals surface area (Å²) in [5.41, 5.74) is -0.0461. The molecular formula is C26H28N2O13S. The Morgan fingerprint density at radius 3 is 2.33 bits per heavy atom. The molecule has 42 heavy (non-hydrogen) atoms. The van der Waals surface area contributed by atoms with Crippen LogP contribution in [0.1, 0.15) is 39.2 Å². The van der Waals surface area contributed by atoms with E-state index >= 15 is 0 Å². The van der Waals surface area contributed by atoms with Gasteiger partial charge in [-0.1, -0.05) is 12.1 Å². The standard InChI is InChI=1S/C26H28N2O13S/c1-11(29)27-14-6-4-5-13-18(14)24(34)28(23(13)33)15(10-42(3,37)38)12-7-8-16(39-2)17(9-12)40-26-21(32)19(30)20(31)22(41-26)25(35)36/h4-9,15,19-22,26,30-32H,10H2,1-3H3,(H,27,29)(H,35,36). The van der Waals surface area contributed by atoms with Crippen molar-refractivity contribution in [2.75, 3.05) is 24.4 Å². The van der Waals surface area contributed by atoms with Gasteiger partial charge in [-0.15, -0.1) is 0 Å². The van der Waals surface area contributed by atoms with E-state index in [1.807, 2.05) is 0 Å². The molecule has 0 aromatic heterocycles. The van der Waals surface area contributed by atoms with Gasteiger partial charge in [-0.3, -0.25) is 19.3 Å². The van der Waals surface area contributed by atoms with Gasteiger partial charge in [0.15, 0.2) is 17.6 Å². The number of carboxylic acid groups (broad SMARTS) is 1. The van der Waals surface area contributed by atoms with Gasteiger partial charge in [-0.05, 0) is 29.8 Å². The number of carbonyl (C=O) groups is 4. The topological polar surface area (TPSA) is 226 Å². The highest BCUT2D eigenvalue weighted by molar-refractivity contribution is 7.90. The highest BCUT2D eigenvalue weighted by Gasteiger charge is 2.48. The Morgan fingerprint density at radius 2 is 1.74 bits per heavy atom. The van der Waals surface area contributed by atoms with Crippen LogP contribution in [0.25, 0.3) is 0 Å². The number of fused-ring (bicyclic) bond motifs is 1. The molecule has 226 valence electrons. The van der Waals surface area contributed by atoms with Crippen LogP contribution in [0, 0.1) is 0 Å². The number of methoxy groups -OCH3 is 1. The number of carbonyl (C=O) groups excluding carboxylic acids is 3. The summed E-state index contributed by atoms with van der Waals surface area (Å²) in [6, 6.07) is 6.71. The number of sulfone groups is 1. The smallest absolute Gasteiger partial charge is 0.335 e. The van der Waals surface area contributed by atoms with E-state index in [9.17, 15) is 48.0 Å². The van der Waals surface area contributed by atoms with Gasteiger partial charge >= 0.3 is 5.97 Å². The quantitative estimate of drug-likeness (QED) is 0.222. The fourth-order valence-corrected chi connectivity index (χ4v) is 5.67. The lowest BCUT2D eigenvalue weighted by atomic mass is 9.99. The number of rotatable bonds is 9. The van der Waals surface area contributed by atoms with Crippen LogP contribution >= 0.6 is 0 Å². The van der Waals surface area contributed by atoms with E-state index in [0.717, 1.165) is 11.2 Å². The predicted molar refractivity (Wildman–Crippen MR) is 142 cm³/mol. The van der Waals surface area contributed by atoms with Crippen LogP contribution in [-0.4, -0.2) is 107 Å². The van der Waals surface area contributed by atoms with Crippen molar-refractivity contribution in [2.45, 2.75) is 43.7 Å². The Morgan fingerprint density at radius 1 is 1.05 bits per heavy atom. The first-order valence-corrected chi connectivity index (χ1v) is 14.4. The van der Waals surface area contributed by atoms with Crippen molar-refractivity contribution in [1.82, 2.24) is 4.90 Å². The third-order valence-electron chi connectivity index (χ3n) is 6.66. The molecule has 0 aliphatic carbocycles. The number of imide groups is 1. The average Bonchev–Trinajstić information content (AvgIpc) is 3.16. The summed E-state index contributed by atoms with van der Waals surface area (Å²) >= 11 is 0. The lowest BCUT2D eigenvalue weighted by Gasteiger charge is -2.38. The Bertz CT molecular complexity index is 1540. The maximum atomic E-state index is 13.6. The number of anilines is 1. The van der Waals surface area contributed by atoms with E-state index in [1.54, 1.807) is 0 Å². The molecule has 4 rings (SSSR count). The van der Waals surface area contributed by atoms with Crippen LogP contribution in [0.4, 0.5) is 5.69 Å². The number of aliphatic carboxylic acids is 1. The first kappa shape index (κ1) is 30.9. The van der Waals surface area contributed by atoms with E-state index in [0.29, 0.717) is 0 Å². The molecule has 6 atom stereocenters. The number of carboxylic acids is 1. The van der Waals surface area contributed by atoms with Crippen molar-refractivity contribution in [1.29, 1.82) is 0 Å². The van der Waals surface area contributed by atoms with Gasteiger partial charge in [0, 0.05) is 13.2 Å². The number of aliphatic hydroxyl groups is 3. The van der Waals surface area contributed by atoms with Crippen molar-refractivity contribution in [3.05, 3.63) is 53.1 Å². The molecule has 2 aliphatic heterocycles. The fourth-order valence-electron chi connectivity index (χ4n) is 4.75. The molecule has 0 radical (unpaired) electrons. The van der Waals surface area contributed by atoms with Gasteiger partial charge in [0.1, 0.15) is 28.1 Å². The number of nitrogens with zero attached hydrogens (tertiary/aromatic N) is 1. The van der Waals surface area contributed by atoms with E-state index in [4.69, 9.17) is 14.2 Å². The first-order chi connectivity index (χ1) is 19.6. The molecule has 16 heteroatoms. The average molecular weight is 609 g/mol. The molecule has 0 saturated carbocycles. The van der Waals surface area contributed by atoms with Crippen molar-refractivity contribution in [3.8, 4) is 11.5 Å². The summed E-state index contributed by atoms with van der Waals surface area (Å²) in [5, 5.41) is 42.3. The highest BCUT2D eigenvalue weighted by atomic mass is 32.2. The van der Waals surface area contributed by atoms with Gasteiger partial charge in [-0.25, -0.2) is 13.2 Å². The minimum Gasteiger partial charge on any atom is -0.493 e. The fraction of sp³-hybridized carbons (Fsp3) is 0.385. The van der Waals surface area contributed by atoms with Crippen molar-refractivity contribution in [3.63, 3.8) is 0 Å². The number of hydrogen-bond donors (Lipinski definition) is 5. The number of ether oxygens (including phenoxy) is 3. The zero-order chi connectivity index (χ0) is 31.1. The van der Waals surface area contributed by atoms with Crippen LogP contribution in [0.15, 0.2) is 36.4 Å². The van der Waals surface area contributed by atoms with E-state index in [2.05, 4.69) is 5.32 Å². The zero-order valence-electron chi connectivity index (χ0n) is 22.5. The molecule has 1 saturated heterocycles. The molecule has 6 unspecified atom stereocenters. The molecule has 0 spiro atoms. The Balaban J connectivity index is 1.76. The molecule has 2 aromatic carbocycles. The van der Waals surface area contributed by atoms with Crippen molar-refractivity contribution >= 4 is 39.2 Å². The second kappa shape index (κ2) is 11.7. The molecule has 2 aliphatic rings. The lowest BCUT2D eigenvalue weighted by Crippen LogP contribution is -2.61. The van der Waals surface area contributed by atoms with E-state index < -0.39 is 76.0 Å². The second-order valence-electron chi connectivity index (χ2n) is 9.76. The molecular weight excluding hydrogens is 580 g/mol. The second-order valence-corrected chi connectivity index (χ2v) is 11.9. The Labute approximate surface area is 239 Å². The van der Waals surface area contributed by atoms with Crippen molar-refractivity contribution < 1.29 is 62.2 Å². The predicted octanol–water partition coefficient (Wildman–Crippen LogP) is -0.693. The number of hydrogen-bond acceptors (Lipinski definition) is 12. The summed E-state index contributed by atoms with van der Waals surface area (Å²) in [6.07, 6.45) is -8.74. The molecule has 2 aromatic rings. The zero-order valence-corrected chi connectivity index (χ0v) is 23.3. The molecule has 5 N–H and O–H groups in total. The van der Waals surface area contributed by atoms with Crippen LogP contribution in [0.2, 0.25) is 0 Å². The molecule has 1 fully saturated rings. The summed E-state index contributed by atoms with van der Waals surface area (Å²) in [7, 11) is -2.60. The Kier molecular flexibility index (Phi) is 8.56. The molecule has 15 nitrogen and oxygen atoms in total. The van der Waals surface area contributed by atoms with Crippen molar-refractivity contribution in [2.24, 2.45) is 0 Å². The third kappa shape index (κ3) is 5.93. The lowest BCUT2D eigenvalue weighted by molar-refractivity contribution is -0.271. The van der Waals surface area contributed by atoms with Gasteiger partial charge in [0.2, 0.25) is 12.2 Å². The SMILES string of the molecule is COc1ccc(C(CS(C)(=O)=O)N2C(=O)c3cccc(NC(C)=O)c3C2=O)cc1OC1OC(C(=O)O)C(O)C(O)C1O. The molecule has 2 heterocycles. The van der Waals surface area contributed by atoms with E-state index in [-0.39, 0.29) is 33.9 Å². The number of nitrogens with one attached hydrogen (secondary N) is 1. The summed E-state index contributed by atoms with van der Waals surface area (Å²) in [6.45, 7) is 1.22. The first-order valence-electron chi connectivity index (χ1n) is 12.4. The summed E-state index contributed by atoms with van der Waals surface area (Å²) < 4.78 is 41.0. The van der Waals surface area contributed by atoms with Gasteiger partial charge < -0.3 is 40.0 Å². The minimum atomic E-state index is -3.85. The summed E-state index contributed by atoms with van der Waals surface area (Å²) in [5.74, 6) is -4.77. The highest BCUT2D eigenvalue weighted by Crippen LogP contribution is 2.39. The van der Waals surface area contributed by atoms with Gasteiger partial charge in [-0.2, -0.15) is 0 Å². The monoisotopic (exact) mass is 608 g/mol. The number of aliphatic hydroxyl groups excluding tert-OH is 3. The normalized spacial score (nSPS) is 24.6. The maximum absolute atomic E-state index is 13.6. The molecule has 0 bridgehead atoms. The van der Waals surface area contributed by atoms with Crippen LogP contribution in [-0.2, 0) is 24.2 Å². The van der Waals surface area contributed by atoms with Crippen LogP contribution in [0.3, 0.4) is 0 Å².